The minimum atomic E-state index is -0.00566. The molecule has 2 fully saturated rings. The third-order valence-corrected chi connectivity index (χ3v) is 6.68. The van der Waals surface area contributed by atoms with Crippen LogP contribution >= 0.6 is 0 Å². The molecule has 4 rings (SSSR count). The van der Waals surface area contributed by atoms with Crippen molar-refractivity contribution in [3.05, 3.63) is 35.3 Å². The Morgan fingerprint density at radius 1 is 1.37 bits per heavy atom. The van der Waals surface area contributed by atoms with Gasteiger partial charge in [0.05, 0.1) is 11.7 Å². The van der Waals surface area contributed by atoms with Gasteiger partial charge in [-0.25, -0.2) is 0 Å². The maximum atomic E-state index is 6.25. The summed E-state index contributed by atoms with van der Waals surface area (Å²) in [5, 5.41) is 4.63. The first kappa shape index (κ1) is 20.8. The number of rotatable bonds is 5. The molecule has 2 heterocycles. The van der Waals surface area contributed by atoms with E-state index in [-0.39, 0.29) is 17.6 Å². The van der Waals surface area contributed by atoms with Gasteiger partial charge in [-0.15, -0.1) is 0 Å². The first-order valence-corrected chi connectivity index (χ1v) is 10.9. The molecule has 0 radical (unpaired) electrons. The molecule has 1 N–H and O–H groups in total. The fourth-order valence-electron chi connectivity index (χ4n) is 4.23. The maximum absolute atomic E-state index is 6.25. The van der Waals surface area contributed by atoms with Crippen molar-refractivity contribution in [2.45, 2.75) is 51.3 Å². The number of ether oxygens (including phenoxy) is 1. The van der Waals surface area contributed by atoms with E-state index >= 15 is 0 Å². The van der Waals surface area contributed by atoms with Crippen molar-refractivity contribution in [3.63, 3.8) is 0 Å². The first-order chi connectivity index (χ1) is 14.3. The summed E-state index contributed by atoms with van der Waals surface area (Å²) >= 11 is 0. The Balaban J connectivity index is 1.58. The number of amidine groups is 1. The number of hydrogen-bond acceptors (Lipinski definition) is 6. The smallest absolute Gasteiger partial charge is 0.125 e. The van der Waals surface area contributed by atoms with Gasteiger partial charge in [0.15, 0.2) is 0 Å². The van der Waals surface area contributed by atoms with Gasteiger partial charge < -0.3 is 20.0 Å². The number of hydrazone groups is 1. The van der Waals surface area contributed by atoms with Crippen molar-refractivity contribution in [3.8, 4) is 0 Å². The van der Waals surface area contributed by atoms with E-state index in [4.69, 9.17) is 4.74 Å². The van der Waals surface area contributed by atoms with E-state index in [0.717, 1.165) is 61.1 Å². The molecule has 2 aliphatic carbocycles. The molecule has 3 atom stereocenters. The predicted octanol–water partition coefficient (Wildman–Crippen LogP) is 2.59. The zero-order valence-electron chi connectivity index (χ0n) is 18.9. The van der Waals surface area contributed by atoms with E-state index in [1.165, 1.54) is 0 Å². The van der Waals surface area contributed by atoms with Gasteiger partial charge in [0, 0.05) is 50.3 Å². The van der Waals surface area contributed by atoms with Crippen molar-refractivity contribution in [1.82, 2.24) is 15.2 Å². The number of hydrogen-bond donors (Lipinski definition) is 1. The molecule has 2 aliphatic heterocycles. The van der Waals surface area contributed by atoms with Crippen molar-refractivity contribution in [2.75, 3.05) is 33.7 Å². The number of likely N-dealkylation sites (N-methyl/N-ethyl adjacent to an activating group) is 1. The van der Waals surface area contributed by atoms with E-state index in [2.05, 4.69) is 77.0 Å². The molecule has 0 aromatic heterocycles. The lowest BCUT2D eigenvalue weighted by molar-refractivity contribution is 0.116. The second kappa shape index (κ2) is 8.02. The third kappa shape index (κ3) is 4.08. The quantitative estimate of drug-likeness (QED) is 0.559. The standard InChI is InChI=1S/C23H34N6O/c1-15-11-17(30-23(3)7-8-23)12-18-21(15)26-27-22(18)19(24-4)13-20(25-5)29-10-9-28(6)16(2)14-29/h11-13,15-16,21,26H,4,7-10,14H2,1-3,5-6H3/b19-13-,25-20+/t15?,16-,21?/m0/s1. The molecular formula is C23H34N6O. The molecule has 0 aromatic rings. The highest BCUT2D eigenvalue weighted by molar-refractivity contribution is 6.17. The maximum Gasteiger partial charge on any atom is 0.125 e. The molecule has 0 amide bonds. The summed E-state index contributed by atoms with van der Waals surface area (Å²) in [5.74, 6) is 2.14. The summed E-state index contributed by atoms with van der Waals surface area (Å²) in [6, 6.07) is 0.615. The van der Waals surface area contributed by atoms with Crippen LogP contribution in [0.4, 0.5) is 0 Å². The fourth-order valence-corrected chi connectivity index (χ4v) is 4.23. The number of fused-ring (bicyclic) bond motifs is 1. The lowest BCUT2D eigenvalue weighted by Crippen LogP contribution is -2.51. The normalized spacial score (nSPS) is 31.3. The largest absolute Gasteiger partial charge is 0.488 e. The highest BCUT2D eigenvalue weighted by Gasteiger charge is 2.42. The van der Waals surface area contributed by atoms with Gasteiger partial charge in [0.2, 0.25) is 0 Å². The predicted molar refractivity (Wildman–Crippen MR) is 123 cm³/mol. The summed E-state index contributed by atoms with van der Waals surface area (Å²) in [6.45, 7) is 13.3. The zero-order valence-corrected chi connectivity index (χ0v) is 18.9. The minimum absolute atomic E-state index is 0.00566. The van der Waals surface area contributed by atoms with Crippen molar-refractivity contribution in [2.24, 2.45) is 21.0 Å². The SMILES string of the molecule is C=N/C(=C\C(=N/C)N1CCN(C)[C@@H](C)C1)C1=NNC2C1=CC(OC1(C)CC1)=CC2C. The van der Waals surface area contributed by atoms with Crippen LogP contribution in [0.3, 0.4) is 0 Å². The Morgan fingerprint density at radius 2 is 2.13 bits per heavy atom. The third-order valence-electron chi connectivity index (χ3n) is 6.68. The summed E-state index contributed by atoms with van der Waals surface area (Å²) in [5.41, 5.74) is 5.98. The molecule has 7 nitrogen and oxygen atoms in total. The van der Waals surface area contributed by atoms with Crippen LogP contribution in [0.1, 0.15) is 33.6 Å². The molecular weight excluding hydrogens is 376 g/mol. The molecule has 4 aliphatic rings. The molecule has 0 bridgehead atoms. The summed E-state index contributed by atoms with van der Waals surface area (Å²) < 4.78 is 6.25. The van der Waals surface area contributed by atoms with Crippen LogP contribution in [0.15, 0.2) is 50.3 Å². The van der Waals surface area contributed by atoms with Crippen molar-refractivity contribution >= 4 is 18.3 Å². The second-order valence-corrected chi connectivity index (χ2v) is 9.19. The van der Waals surface area contributed by atoms with E-state index < -0.39 is 0 Å². The van der Waals surface area contributed by atoms with Gasteiger partial charge in [-0.05, 0) is 52.6 Å². The Bertz CT molecular complexity index is 863. The Kier molecular flexibility index (Phi) is 5.57. The highest BCUT2D eigenvalue weighted by atomic mass is 16.5. The molecule has 7 heteroatoms. The van der Waals surface area contributed by atoms with Gasteiger partial charge in [-0.2, -0.15) is 5.10 Å². The van der Waals surface area contributed by atoms with E-state index in [0.29, 0.717) is 6.04 Å². The average molecular weight is 411 g/mol. The number of nitrogens with zero attached hydrogens (tertiary/aromatic N) is 5. The van der Waals surface area contributed by atoms with Gasteiger partial charge in [0.25, 0.3) is 0 Å². The van der Waals surface area contributed by atoms with Crippen LogP contribution in [0, 0.1) is 5.92 Å². The number of piperazine rings is 1. The second-order valence-electron chi connectivity index (χ2n) is 9.19. The minimum Gasteiger partial charge on any atom is -0.488 e. The topological polar surface area (TPSA) is 64.8 Å². The molecule has 1 saturated heterocycles. The number of aliphatic imine (C=N–C) groups is 2. The van der Waals surface area contributed by atoms with Crippen LogP contribution in [-0.2, 0) is 4.74 Å². The van der Waals surface area contributed by atoms with Crippen molar-refractivity contribution in [1.29, 1.82) is 0 Å². The first-order valence-electron chi connectivity index (χ1n) is 10.9. The Hall–Kier alpha value is -2.41. The van der Waals surface area contributed by atoms with Crippen LogP contribution < -0.4 is 5.43 Å². The molecule has 2 unspecified atom stereocenters. The van der Waals surface area contributed by atoms with Crippen LogP contribution in [-0.4, -0.2) is 79.5 Å². The zero-order chi connectivity index (χ0) is 21.5. The lowest BCUT2D eigenvalue weighted by atomic mass is 9.87. The molecule has 1 saturated carbocycles. The van der Waals surface area contributed by atoms with E-state index in [9.17, 15) is 0 Å². The highest BCUT2D eigenvalue weighted by Crippen LogP contribution is 2.42. The van der Waals surface area contributed by atoms with Crippen molar-refractivity contribution < 1.29 is 4.74 Å². The lowest BCUT2D eigenvalue weighted by Gasteiger charge is -2.38. The molecule has 0 aromatic carbocycles. The van der Waals surface area contributed by atoms with E-state index in [1.54, 1.807) is 0 Å². The summed E-state index contributed by atoms with van der Waals surface area (Å²) in [7, 11) is 4.00. The van der Waals surface area contributed by atoms with Gasteiger partial charge in [-0.1, -0.05) is 6.92 Å². The van der Waals surface area contributed by atoms with Gasteiger partial charge in [-0.3, -0.25) is 9.98 Å². The monoisotopic (exact) mass is 410 g/mol. The summed E-state index contributed by atoms with van der Waals surface area (Å²) in [4.78, 5) is 13.6. The van der Waals surface area contributed by atoms with Crippen LogP contribution in [0.2, 0.25) is 0 Å². The Labute approximate surface area is 180 Å². The van der Waals surface area contributed by atoms with E-state index in [1.807, 2.05) is 13.1 Å². The Morgan fingerprint density at radius 3 is 2.77 bits per heavy atom. The van der Waals surface area contributed by atoms with Crippen LogP contribution in [0.5, 0.6) is 0 Å². The molecule has 0 spiro atoms. The number of allylic oxidation sites excluding steroid dienone is 2. The van der Waals surface area contributed by atoms with Crippen LogP contribution in [0.25, 0.3) is 0 Å². The fraction of sp³-hybridized carbons (Fsp3) is 0.609. The van der Waals surface area contributed by atoms with Gasteiger partial charge in [0.1, 0.15) is 22.9 Å². The van der Waals surface area contributed by atoms with Gasteiger partial charge >= 0.3 is 0 Å². The summed E-state index contributed by atoms with van der Waals surface area (Å²) in [6.07, 6.45) is 8.55. The average Bonchev–Trinajstić information content (AvgIpc) is 3.28. The molecule has 162 valence electrons. The molecule has 30 heavy (non-hydrogen) atoms. The number of nitrogens with one attached hydrogen (secondary N) is 1.